The number of sulfonamides is 1. The van der Waals surface area contributed by atoms with Crippen LogP contribution in [0.15, 0.2) is 64.2 Å². The van der Waals surface area contributed by atoms with Crippen molar-refractivity contribution in [3.05, 3.63) is 60.0 Å². The van der Waals surface area contributed by atoms with Crippen molar-refractivity contribution < 1.29 is 13.2 Å². The number of benzene rings is 2. The zero-order valence-corrected chi connectivity index (χ0v) is 16.0. The van der Waals surface area contributed by atoms with E-state index in [1.807, 2.05) is 42.5 Å². The highest BCUT2D eigenvalue weighted by Gasteiger charge is 2.21. The molecule has 0 aliphatic carbocycles. The quantitative estimate of drug-likeness (QED) is 0.667. The van der Waals surface area contributed by atoms with Crippen LogP contribution in [0, 0.1) is 0 Å². The lowest BCUT2D eigenvalue weighted by atomic mass is 10.1. The van der Waals surface area contributed by atoms with Crippen molar-refractivity contribution in [1.82, 2.24) is 4.31 Å². The number of anilines is 1. The molecule has 7 heteroatoms. The molecule has 1 aromatic heterocycles. The highest BCUT2D eigenvalue weighted by molar-refractivity contribution is 7.91. The van der Waals surface area contributed by atoms with Gasteiger partial charge in [0.2, 0.25) is 5.91 Å². The van der Waals surface area contributed by atoms with Crippen LogP contribution < -0.4 is 5.32 Å². The fraction of sp³-hybridized carbons (Fsp3) is 0.211. The summed E-state index contributed by atoms with van der Waals surface area (Å²) in [5, 5.41) is 6.78. The van der Waals surface area contributed by atoms with Gasteiger partial charge >= 0.3 is 0 Å². The van der Waals surface area contributed by atoms with Crippen molar-refractivity contribution in [3.8, 4) is 0 Å². The Kier molecular flexibility index (Phi) is 5.70. The molecule has 3 rings (SSSR count). The van der Waals surface area contributed by atoms with E-state index in [1.54, 1.807) is 17.5 Å². The standard InChI is InChI=1S/C19H20N2O3S2/c1-21(26(23,24)19-9-5-13-25-19)12-4-8-18(22)20-17-11-10-15-6-2-3-7-16(15)14-17/h2-3,5-7,9-11,13-14H,4,8,12H2,1H3,(H,20,22). The predicted molar refractivity (Wildman–Crippen MR) is 106 cm³/mol. The summed E-state index contributed by atoms with van der Waals surface area (Å²) in [6.45, 7) is 0.297. The molecule has 0 aliphatic heterocycles. The Morgan fingerprint density at radius 2 is 1.85 bits per heavy atom. The molecule has 0 aliphatic rings. The van der Waals surface area contributed by atoms with Crippen molar-refractivity contribution in [2.75, 3.05) is 18.9 Å². The van der Waals surface area contributed by atoms with Crippen LogP contribution in [0.4, 0.5) is 5.69 Å². The van der Waals surface area contributed by atoms with Crippen molar-refractivity contribution >= 4 is 43.7 Å². The number of fused-ring (bicyclic) bond motifs is 1. The topological polar surface area (TPSA) is 66.5 Å². The first-order valence-electron chi connectivity index (χ1n) is 8.25. The molecule has 1 amide bonds. The highest BCUT2D eigenvalue weighted by Crippen LogP contribution is 2.21. The van der Waals surface area contributed by atoms with Gasteiger partial charge in [-0.05, 0) is 40.8 Å². The number of hydrogen-bond donors (Lipinski definition) is 1. The van der Waals surface area contributed by atoms with Crippen molar-refractivity contribution in [2.45, 2.75) is 17.1 Å². The molecule has 0 saturated carbocycles. The van der Waals surface area contributed by atoms with Crippen molar-refractivity contribution in [2.24, 2.45) is 0 Å². The van der Waals surface area contributed by atoms with Crippen LogP contribution in [-0.4, -0.2) is 32.2 Å². The third-order valence-electron chi connectivity index (χ3n) is 4.07. The summed E-state index contributed by atoms with van der Waals surface area (Å²) in [6, 6.07) is 17.0. The second-order valence-corrected chi connectivity index (χ2v) is 9.19. The molecule has 0 fully saturated rings. The number of hydrogen-bond acceptors (Lipinski definition) is 4. The van der Waals surface area contributed by atoms with E-state index in [9.17, 15) is 13.2 Å². The third kappa shape index (κ3) is 4.30. The van der Waals surface area contributed by atoms with E-state index in [4.69, 9.17) is 0 Å². The average molecular weight is 389 g/mol. The first-order chi connectivity index (χ1) is 12.5. The van der Waals surface area contributed by atoms with Crippen LogP contribution in [0.1, 0.15) is 12.8 Å². The normalized spacial score (nSPS) is 11.8. The van der Waals surface area contributed by atoms with E-state index in [1.165, 1.54) is 22.7 Å². The minimum absolute atomic E-state index is 0.123. The fourth-order valence-corrected chi connectivity index (χ4v) is 5.05. The van der Waals surface area contributed by atoms with E-state index in [0.29, 0.717) is 17.2 Å². The molecule has 1 heterocycles. The van der Waals surface area contributed by atoms with Gasteiger partial charge in [-0.25, -0.2) is 12.7 Å². The van der Waals surface area contributed by atoms with Crippen LogP contribution in [-0.2, 0) is 14.8 Å². The predicted octanol–water partition coefficient (Wildman–Crippen LogP) is 3.94. The van der Waals surface area contributed by atoms with Gasteiger partial charge in [0.1, 0.15) is 4.21 Å². The third-order valence-corrected chi connectivity index (χ3v) is 7.30. The summed E-state index contributed by atoms with van der Waals surface area (Å²) in [5.41, 5.74) is 0.744. The molecule has 0 radical (unpaired) electrons. The first kappa shape index (κ1) is 18.6. The SMILES string of the molecule is CN(CCCC(=O)Nc1ccc2ccccc2c1)S(=O)(=O)c1cccs1. The average Bonchev–Trinajstić information content (AvgIpc) is 3.17. The summed E-state index contributed by atoms with van der Waals surface area (Å²) in [4.78, 5) is 12.1. The summed E-state index contributed by atoms with van der Waals surface area (Å²) < 4.78 is 26.3. The summed E-state index contributed by atoms with van der Waals surface area (Å²) in [7, 11) is -1.92. The number of nitrogens with zero attached hydrogens (tertiary/aromatic N) is 1. The lowest BCUT2D eigenvalue weighted by Crippen LogP contribution is -2.28. The number of rotatable bonds is 7. The molecule has 0 bridgehead atoms. The van der Waals surface area contributed by atoms with Gasteiger partial charge in [-0.1, -0.05) is 36.4 Å². The van der Waals surface area contributed by atoms with Gasteiger partial charge in [0.05, 0.1) is 0 Å². The van der Waals surface area contributed by atoms with Gasteiger partial charge in [0.25, 0.3) is 10.0 Å². The molecule has 136 valence electrons. The van der Waals surface area contributed by atoms with Gasteiger partial charge in [0.15, 0.2) is 0 Å². The van der Waals surface area contributed by atoms with E-state index >= 15 is 0 Å². The monoisotopic (exact) mass is 388 g/mol. The van der Waals surface area contributed by atoms with Crippen molar-refractivity contribution in [3.63, 3.8) is 0 Å². The molecular formula is C19H20N2O3S2. The van der Waals surface area contributed by atoms with Gasteiger partial charge in [0, 0.05) is 25.7 Å². The summed E-state index contributed by atoms with van der Waals surface area (Å²) in [6.07, 6.45) is 0.720. The summed E-state index contributed by atoms with van der Waals surface area (Å²) >= 11 is 1.19. The Labute approximate surface area is 157 Å². The minimum Gasteiger partial charge on any atom is -0.326 e. The molecule has 0 spiro atoms. The number of nitrogens with one attached hydrogen (secondary N) is 1. The lowest BCUT2D eigenvalue weighted by Gasteiger charge is -2.15. The molecule has 2 aromatic carbocycles. The van der Waals surface area contributed by atoms with Gasteiger partial charge < -0.3 is 5.32 Å². The van der Waals surface area contributed by atoms with E-state index in [0.717, 1.165) is 16.5 Å². The van der Waals surface area contributed by atoms with Crippen molar-refractivity contribution in [1.29, 1.82) is 0 Å². The Morgan fingerprint density at radius 1 is 1.08 bits per heavy atom. The van der Waals surface area contributed by atoms with Crippen LogP contribution >= 0.6 is 11.3 Å². The Hall–Kier alpha value is -2.22. The molecule has 5 nitrogen and oxygen atoms in total. The molecule has 0 unspecified atom stereocenters. The fourth-order valence-electron chi connectivity index (χ4n) is 2.64. The number of amides is 1. The highest BCUT2D eigenvalue weighted by atomic mass is 32.2. The number of thiophene rings is 1. The van der Waals surface area contributed by atoms with Gasteiger partial charge in [-0.3, -0.25) is 4.79 Å². The second-order valence-electron chi connectivity index (χ2n) is 5.97. The molecule has 3 aromatic rings. The summed E-state index contributed by atoms with van der Waals surface area (Å²) in [5.74, 6) is -0.123. The molecule has 26 heavy (non-hydrogen) atoms. The largest absolute Gasteiger partial charge is 0.326 e. The Balaban J connectivity index is 1.52. The van der Waals surface area contributed by atoms with Crippen LogP contribution in [0.2, 0.25) is 0 Å². The maximum Gasteiger partial charge on any atom is 0.252 e. The van der Waals surface area contributed by atoms with Gasteiger partial charge in [-0.2, -0.15) is 0 Å². The maximum atomic E-state index is 12.3. The molecule has 1 N–H and O–H groups in total. The van der Waals surface area contributed by atoms with E-state index < -0.39 is 10.0 Å². The molecular weight excluding hydrogens is 368 g/mol. The minimum atomic E-state index is -3.46. The first-order valence-corrected chi connectivity index (χ1v) is 10.6. The Morgan fingerprint density at radius 3 is 2.58 bits per heavy atom. The van der Waals surface area contributed by atoms with E-state index in [2.05, 4.69) is 5.32 Å². The molecule has 0 saturated heterocycles. The second kappa shape index (κ2) is 7.99. The van der Waals surface area contributed by atoms with Crippen LogP contribution in [0.5, 0.6) is 0 Å². The zero-order valence-electron chi connectivity index (χ0n) is 14.4. The smallest absolute Gasteiger partial charge is 0.252 e. The lowest BCUT2D eigenvalue weighted by molar-refractivity contribution is -0.116. The number of carbonyl (C=O) groups is 1. The molecule has 0 atom stereocenters. The zero-order chi connectivity index (χ0) is 18.6. The Bertz CT molecular complexity index is 999. The van der Waals surface area contributed by atoms with Gasteiger partial charge in [-0.15, -0.1) is 11.3 Å². The van der Waals surface area contributed by atoms with Crippen LogP contribution in [0.3, 0.4) is 0 Å². The van der Waals surface area contributed by atoms with Crippen LogP contribution in [0.25, 0.3) is 10.8 Å². The maximum absolute atomic E-state index is 12.3. The number of carbonyl (C=O) groups excluding carboxylic acids is 1. The van der Waals surface area contributed by atoms with E-state index in [-0.39, 0.29) is 12.3 Å².